The van der Waals surface area contributed by atoms with Crippen molar-refractivity contribution >= 4 is 11.6 Å². The zero-order valence-corrected chi connectivity index (χ0v) is 11.2. The Kier molecular flexibility index (Phi) is 4.81. The van der Waals surface area contributed by atoms with E-state index in [0.717, 1.165) is 30.4 Å². The van der Waals surface area contributed by atoms with Gasteiger partial charge >= 0.3 is 0 Å². The molecule has 1 N–H and O–H groups in total. The van der Waals surface area contributed by atoms with E-state index >= 15 is 0 Å². The monoisotopic (exact) mass is 264 g/mol. The molecule has 0 saturated carbocycles. The average molecular weight is 265 g/mol. The maximum atomic E-state index is 6.01. The van der Waals surface area contributed by atoms with E-state index < -0.39 is 0 Å². The van der Waals surface area contributed by atoms with Crippen LogP contribution in [0.3, 0.4) is 0 Å². The highest BCUT2D eigenvalue weighted by Crippen LogP contribution is 2.17. The molecule has 1 heterocycles. The first kappa shape index (κ1) is 13.1. The van der Waals surface area contributed by atoms with Crippen LogP contribution in [0.15, 0.2) is 42.6 Å². The van der Waals surface area contributed by atoms with Gasteiger partial charge in [0.25, 0.3) is 0 Å². The van der Waals surface area contributed by atoms with Gasteiger partial charge in [0, 0.05) is 42.8 Å². The highest BCUT2D eigenvalue weighted by Gasteiger charge is 2.03. The highest BCUT2D eigenvalue weighted by atomic mass is 35.5. The fraction of sp³-hybridized carbons (Fsp3) is 0.286. The van der Waals surface area contributed by atoms with E-state index in [1.165, 1.54) is 5.69 Å². The third-order valence-electron chi connectivity index (χ3n) is 2.71. The summed E-state index contributed by atoms with van der Waals surface area (Å²) < 4.78 is 7.14. The van der Waals surface area contributed by atoms with Gasteiger partial charge in [-0.3, -0.25) is 0 Å². The molecule has 0 atom stereocenters. The van der Waals surface area contributed by atoms with Crippen molar-refractivity contribution in [1.82, 2.24) is 9.88 Å². The molecular formula is C14H17ClN2O. The summed E-state index contributed by atoms with van der Waals surface area (Å²) in [5, 5.41) is 4.08. The Bertz CT molecular complexity index is 496. The van der Waals surface area contributed by atoms with Gasteiger partial charge in [0.15, 0.2) is 0 Å². The van der Waals surface area contributed by atoms with Gasteiger partial charge in [-0.2, -0.15) is 0 Å². The number of methoxy groups -OCH3 is 1. The van der Waals surface area contributed by atoms with E-state index in [-0.39, 0.29) is 0 Å². The van der Waals surface area contributed by atoms with E-state index in [1.54, 1.807) is 7.11 Å². The van der Waals surface area contributed by atoms with E-state index in [0.29, 0.717) is 0 Å². The molecule has 0 amide bonds. The molecule has 0 fully saturated rings. The summed E-state index contributed by atoms with van der Waals surface area (Å²) in [6.45, 7) is 2.37. The molecule has 1 aromatic carbocycles. The first-order valence-electron chi connectivity index (χ1n) is 5.93. The van der Waals surface area contributed by atoms with Crippen molar-refractivity contribution in [1.29, 1.82) is 0 Å². The minimum absolute atomic E-state index is 0.720. The summed E-state index contributed by atoms with van der Waals surface area (Å²) in [5.41, 5.74) is 2.28. The summed E-state index contributed by atoms with van der Waals surface area (Å²) in [5.74, 6) is 0. The molecule has 1 aromatic heterocycles. The third kappa shape index (κ3) is 3.35. The van der Waals surface area contributed by atoms with Crippen LogP contribution in [0.2, 0.25) is 5.02 Å². The second kappa shape index (κ2) is 6.59. The average Bonchev–Trinajstić information content (AvgIpc) is 2.83. The van der Waals surface area contributed by atoms with E-state index in [4.69, 9.17) is 16.3 Å². The van der Waals surface area contributed by atoms with Crippen LogP contribution in [-0.2, 0) is 11.3 Å². The topological polar surface area (TPSA) is 26.2 Å². The lowest BCUT2D eigenvalue weighted by Crippen LogP contribution is -2.20. The number of nitrogens with one attached hydrogen (secondary N) is 1. The smallest absolute Gasteiger partial charge is 0.0587 e. The highest BCUT2D eigenvalue weighted by molar-refractivity contribution is 6.30. The molecule has 96 valence electrons. The molecule has 0 bridgehead atoms. The van der Waals surface area contributed by atoms with Gasteiger partial charge in [0.05, 0.1) is 6.61 Å². The van der Waals surface area contributed by atoms with Gasteiger partial charge in [0.1, 0.15) is 0 Å². The second-order valence-electron chi connectivity index (χ2n) is 4.02. The van der Waals surface area contributed by atoms with Crippen LogP contribution < -0.4 is 5.32 Å². The number of hydrogen-bond donors (Lipinski definition) is 1. The molecule has 0 radical (unpaired) electrons. The maximum Gasteiger partial charge on any atom is 0.0587 e. The molecule has 2 aromatic rings. The molecule has 0 spiro atoms. The van der Waals surface area contributed by atoms with E-state index in [2.05, 4.69) is 16.0 Å². The predicted molar refractivity (Wildman–Crippen MR) is 74.4 cm³/mol. The number of halogens is 1. The SMILES string of the molecule is COCCNCc1cccn1-c1cccc(Cl)c1. The van der Waals surface area contributed by atoms with Crippen molar-refractivity contribution < 1.29 is 4.74 Å². The normalized spacial score (nSPS) is 10.8. The summed E-state index contributed by atoms with van der Waals surface area (Å²) in [6, 6.07) is 12.0. The lowest BCUT2D eigenvalue weighted by atomic mass is 10.3. The molecule has 0 aliphatic carbocycles. The van der Waals surface area contributed by atoms with Crippen molar-refractivity contribution in [3.8, 4) is 5.69 Å². The summed E-state index contributed by atoms with van der Waals surface area (Å²) >= 11 is 6.01. The van der Waals surface area contributed by atoms with Crippen molar-refractivity contribution in [2.75, 3.05) is 20.3 Å². The Hall–Kier alpha value is -1.29. The van der Waals surface area contributed by atoms with Crippen molar-refractivity contribution in [3.63, 3.8) is 0 Å². The minimum Gasteiger partial charge on any atom is -0.383 e. The summed E-state index contributed by atoms with van der Waals surface area (Å²) in [7, 11) is 1.70. The zero-order chi connectivity index (χ0) is 12.8. The lowest BCUT2D eigenvalue weighted by Gasteiger charge is -2.10. The van der Waals surface area contributed by atoms with Crippen LogP contribution in [-0.4, -0.2) is 24.8 Å². The maximum absolute atomic E-state index is 6.01. The Morgan fingerprint density at radius 2 is 2.17 bits per heavy atom. The van der Waals surface area contributed by atoms with Gasteiger partial charge in [-0.25, -0.2) is 0 Å². The Morgan fingerprint density at radius 1 is 1.28 bits per heavy atom. The summed E-state index contributed by atoms with van der Waals surface area (Å²) in [4.78, 5) is 0. The molecule has 0 unspecified atom stereocenters. The van der Waals surface area contributed by atoms with Gasteiger partial charge in [0.2, 0.25) is 0 Å². The fourth-order valence-corrected chi connectivity index (χ4v) is 2.01. The Labute approximate surface area is 112 Å². The predicted octanol–water partition coefficient (Wildman–Crippen LogP) is 2.87. The van der Waals surface area contributed by atoms with Crippen LogP contribution >= 0.6 is 11.6 Å². The number of nitrogens with zero attached hydrogens (tertiary/aromatic N) is 1. The van der Waals surface area contributed by atoms with Gasteiger partial charge in [-0.05, 0) is 30.3 Å². The van der Waals surface area contributed by atoms with Crippen LogP contribution in [0.5, 0.6) is 0 Å². The van der Waals surface area contributed by atoms with Crippen molar-refractivity contribution in [3.05, 3.63) is 53.3 Å². The number of hydrogen-bond acceptors (Lipinski definition) is 2. The van der Waals surface area contributed by atoms with Gasteiger partial charge < -0.3 is 14.6 Å². The number of aromatic nitrogens is 1. The van der Waals surface area contributed by atoms with Crippen LogP contribution in [0, 0.1) is 0 Å². The number of ether oxygens (including phenoxy) is 1. The number of rotatable bonds is 6. The molecule has 3 nitrogen and oxygen atoms in total. The first-order chi connectivity index (χ1) is 8.81. The van der Waals surface area contributed by atoms with Crippen LogP contribution in [0.4, 0.5) is 0 Å². The molecular weight excluding hydrogens is 248 g/mol. The molecule has 4 heteroatoms. The fourth-order valence-electron chi connectivity index (χ4n) is 1.83. The first-order valence-corrected chi connectivity index (χ1v) is 6.31. The summed E-state index contributed by atoms with van der Waals surface area (Å²) in [6.07, 6.45) is 2.04. The Morgan fingerprint density at radius 3 is 2.94 bits per heavy atom. The molecule has 2 rings (SSSR count). The molecule has 0 aliphatic heterocycles. The van der Waals surface area contributed by atoms with Gasteiger partial charge in [-0.1, -0.05) is 17.7 Å². The van der Waals surface area contributed by atoms with Gasteiger partial charge in [-0.15, -0.1) is 0 Å². The Balaban J connectivity index is 2.08. The largest absolute Gasteiger partial charge is 0.383 e. The quantitative estimate of drug-likeness (QED) is 0.812. The van der Waals surface area contributed by atoms with E-state index in [1.807, 2.05) is 36.5 Å². The molecule has 0 saturated heterocycles. The molecule has 18 heavy (non-hydrogen) atoms. The second-order valence-corrected chi connectivity index (χ2v) is 4.46. The third-order valence-corrected chi connectivity index (χ3v) is 2.94. The lowest BCUT2D eigenvalue weighted by molar-refractivity contribution is 0.199. The van der Waals surface area contributed by atoms with Crippen LogP contribution in [0.1, 0.15) is 5.69 Å². The van der Waals surface area contributed by atoms with Crippen LogP contribution in [0.25, 0.3) is 5.69 Å². The number of benzene rings is 1. The van der Waals surface area contributed by atoms with E-state index in [9.17, 15) is 0 Å². The van der Waals surface area contributed by atoms with Crippen molar-refractivity contribution in [2.45, 2.75) is 6.54 Å². The minimum atomic E-state index is 0.720. The molecule has 0 aliphatic rings. The zero-order valence-electron chi connectivity index (χ0n) is 10.4. The standard InChI is InChI=1S/C14H17ClN2O/c1-18-9-7-16-11-14-6-3-8-17(14)13-5-2-4-12(15)10-13/h2-6,8,10,16H,7,9,11H2,1H3. The van der Waals surface area contributed by atoms with Crippen molar-refractivity contribution in [2.24, 2.45) is 0 Å².